The van der Waals surface area contributed by atoms with Gasteiger partial charge in [0.25, 0.3) is 0 Å². The van der Waals surface area contributed by atoms with Gasteiger partial charge in [-0.2, -0.15) is 0 Å². The molecule has 114 valence electrons. The number of rotatable bonds is 8. The number of carbonyl (C=O) groups is 2. The van der Waals surface area contributed by atoms with E-state index in [4.69, 9.17) is 5.11 Å². The van der Waals surface area contributed by atoms with Crippen molar-refractivity contribution in [3.8, 4) is 11.1 Å². The second-order valence-corrected chi connectivity index (χ2v) is 5.18. The van der Waals surface area contributed by atoms with E-state index in [2.05, 4.69) is 17.4 Å². The van der Waals surface area contributed by atoms with Gasteiger partial charge in [-0.15, -0.1) is 0 Å². The average Bonchev–Trinajstić information content (AvgIpc) is 2.54. The lowest BCUT2D eigenvalue weighted by Gasteiger charge is -2.15. The van der Waals surface area contributed by atoms with Crippen molar-refractivity contribution in [2.24, 2.45) is 0 Å². The third-order valence-electron chi connectivity index (χ3n) is 3.55. The Morgan fingerprint density at radius 2 is 1.68 bits per heavy atom. The second-order valence-electron chi connectivity index (χ2n) is 5.18. The molecule has 0 radical (unpaired) electrons. The van der Waals surface area contributed by atoms with Gasteiger partial charge in [-0.25, -0.2) is 0 Å². The number of carboxylic acid groups (broad SMARTS) is 1. The van der Waals surface area contributed by atoms with E-state index in [1.54, 1.807) is 0 Å². The zero-order chi connectivity index (χ0) is 15.8. The number of carboxylic acids is 1. The molecule has 4 heteroatoms. The van der Waals surface area contributed by atoms with E-state index in [1.165, 1.54) is 0 Å². The van der Waals surface area contributed by atoms with Crippen LogP contribution in [0.1, 0.15) is 18.4 Å². The van der Waals surface area contributed by atoms with Crippen LogP contribution in [0.3, 0.4) is 0 Å². The molecule has 0 aromatic heterocycles. The van der Waals surface area contributed by atoms with Crippen LogP contribution < -0.4 is 5.32 Å². The van der Waals surface area contributed by atoms with Crippen molar-refractivity contribution < 1.29 is 14.7 Å². The van der Waals surface area contributed by atoms with Gasteiger partial charge in [0.15, 0.2) is 0 Å². The Bertz CT molecular complexity index is 608. The molecule has 0 heterocycles. The van der Waals surface area contributed by atoms with Crippen LogP contribution in [0.4, 0.5) is 0 Å². The number of amides is 1. The standard InChI is InChI=1S/C18H19NO3/c20-13-19-17(10-11-18(21)22)12-14-6-8-16(9-7-14)15-4-2-1-3-5-15/h1-9,13,17H,10-12H2,(H,19,20)(H,21,22). The van der Waals surface area contributed by atoms with E-state index in [1.807, 2.05) is 42.5 Å². The molecule has 1 amide bonds. The molecule has 2 N–H and O–H groups in total. The minimum Gasteiger partial charge on any atom is -0.481 e. The highest BCUT2D eigenvalue weighted by molar-refractivity contribution is 5.66. The van der Waals surface area contributed by atoms with Gasteiger partial charge in [-0.05, 0) is 29.5 Å². The monoisotopic (exact) mass is 297 g/mol. The number of carbonyl (C=O) groups excluding carboxylic acids is 1. The first-order chi connectivity index (χ1) is 10.7. The molecule has 0 saturated heterocycles. The van der Waals surface area contributed by atoms with E-state index >= 15 is 0 Å². The fraction of sp³-hybridized carbons (Fsp3) is 0.222. The smallest absolute Gasteiger partial charge is 0.303 e. The molecule has 0 aliphatic rings. The summed E-state index contributed by atoms with van der Waals surface area (Å²) in [5, 5.41) is 11.4. The van der Waals surface area contributed by atoms with Crippen LogP contribution in [0.5, 0.6) is 0 Å². The van der Waals surface area contributed by atoms with E-state index in [0.717, 1.165) is 16.7 Å². The van der Waals surface area contributed by atoms with Crippen LogP contribution in [0, 0.1) is 0 Å². The molecular weight excluding hydrogens is 278 g/mol. The van der Waals surface area contributed by atoms with Gasteiger partial charge >= 0.3 is 5.97 Å². The maximum atomic E-state index is 10.6. The largest absolute Gasteiger partial charge is 0.481 e. The summed E-state index contributed by atoms with van der Waals surface area (Å²) in [5.74, 6) is -0.850. The minimum absolute atomic E-state index is 0.0492. The summed E-state index contributed by atoms with van der Waals surface area (Å²) in [7, 11) is 0. The van der Waals surface area contributed by atoms with E-state index in [0.29, 0.717) is 19.3 Å². The summed E-state index contributed by atoms with van der Waals surface area (Å²) >= 11 is 0. The molecule has 22 heavy (non-hydrogen) atoms. The van der Waals surface area contributed by atoms with Crippen molar-refractivity contribution in [3.63, 3.8) is 0 Å². The molecule has 2 rings (SSSR count). The van der Waals surface area contributed by atoms with Gasteiger partial charge in [-0.1, -0.05) is 54.6 Å². The Labute approximate surface area is 129 Å². The molecule has 0 aliphatic carbocycles. The number of hydrogen-bond donors (Lipinski definition) is 2. The molecule has 0 saturated carbocycles. The summed E-state index contributed by atoms with van der Waals surface area (Å²) in [6.45, 7) is 0. The predicted octanol–water partition coefficient (Wildman–Crippen LogP) is 2.88. The number of hydrogen-bond acceptors (Lipinski definition) is 2. The predicted molar refractivity (Wildman–Crippen MR) is 85.4 cm³/mol. The lowest BCUT2D eigenvalue weighted by atomic mass is 9.99. The maximum Gasteiger partial charge on any atom is 0.303 e. The van der Waals surface area contributed by atoms with Crippen molar-refractivity contribution in [2.75, 3.05) is 0 Å². The van der Waals surface area contributed by atoms with Gasteiger partial charge in [0.05, 0.1) is 0 Å². The van der Waals surface area contributed by atoms with Gasteiger partial charge in [0.2, 0.25) is 6.41 Å². The van der Waals surface area contributed by atoms with E-state index < -0.39 is 5.97 Å². The van der Waals surface area contributed by atoms with Crippen LogP contribution >= 0.6 is 0 Å². The highest BCUT2D eigenvalue weighted by Crippen LogP contribution is 2.20. The summed E-state index contributed by atoms with van der Waals surface area (Å²) in [6, 6.07) is 18.0. The van der Waals surface area contributed by atoms with Crippen LogP contribution in [-0.4, -0.2) is 23.5 Å². The quantitative estimate of drug-likeness (QED) is 0.736. The molecule has 4 nitrogen and oxygen atoms in total. The Morgan fingerprint density at radius 1 is 1.05 bits per heavy atom. The molecular formula is C18H19NO3. The highest BCUT2D eigenvalue weighted by Gasteiger charge is 2.11. The zero-order valence-electron chi connectivity index (χ0n) is 12.2. The normalized spacial score (nSPS) is 11.6. The highest BCUT2D eigenvalue weighted by atomic mass is 16.4. The molecule has 0 bridgehead atoms. The molecule has 2 aromatic carbocycles. The second kappa shape index (κ2) is 7.98. The van der Waals surface area contributed by atoms with Crippen LogP contribution in [0.25, 0.3) is 11.1 Å². The molecule has 0 fully saturated rings. The lowest BCUT2D eigenvalue weighted by Crippen LogP contribution is -2.30. The SMILES string of the molecule is O=CNC(CCC(=O)O)Cc1ccc(-c2ccccc2)cc1. The van der Waals surface area contributed by atoms with Crippen molar-refractivity contribution in [1.29, 1.82) is 0 Å². The van der Waals surface area contributed by atoms with E-state index in [9.17, 15) is 9.59 Å². The number of benzene rings is 2. The van der Waals surface area contributed by atoms with Crippen molar-refractivity contribution in [2.45, 2.75) is 25.3 Å². The van der Waals surface area contributed by atoms with Crippen LogP contribution in [0.2, 0.25) is 0 Å². The first-order valence-electron chi connectivity index (χ1n) is 7.25. The maximum absolute atomic E-state index is 10.6. The summed E-state index contributed by atoms with van der Waals surface area (Å²) in [5.41, 5.74) is 3.36. The van der Waals surface area contributed by atoms with Gasteiger partial charge in [0, 0.05) is 12.5 Å². The van der Waals surface area contributed by atoms with Crippen molar-refractivity contribution >= 4 is 12.4 Å². The Morgan fingerprint density at radius 3 is 2.27 bits per heavy atom. The average molecular weight is 297 g/mol. The molecule has 0 spiro atoms. The van der Waals surface area contributed by atoms with Crippen LogP contribution in [-0.2, 0) is 16.0 Å². The number of aliphatic carboxylic acids is 1. The third kappa shape index (κ3) is 4.74. The minimum atomic E-state index is -0.850. The Hall–Kier alpha value is -2.62. The van der Waals surface area contributed by atoms with Gasteiger partial charge < -0.3 is 10.4 Å². The topological polar surface area (TPSA) is 66.4 Å². The van der Waals surface area contributed by atoms with Crippen LogP contribution in [0.15, 0.2) is 54.6 Å². The van der Waals surface area contributed by atoms with Crippen molar-refractivity contribution in [1.82, 2.24) is 5.32 Å². The zero-order valence-corrected chi connectivity index (χ0v) is 12.2. The van der Waals surface area contributed by atoms with Gasteiger partial charge in [0.1, 0.15) is 0 Å². The molecule has 2 aromatic rings. The Balaban J connectivity index is 2.02. The van der Waals surface area contributed by atoms with E-state index in [-0.39, 0.29) is 12.5 Å². The fourth-order valence-electron chi connectivity index (χ4n) is 2.39. The first kappa shape index (κ1) is 15.8. The molecule has 0 aliphatic heterocycles. The summed E-state index contributed by atoms with van der Waals surface area (Å²) in [4.78, 5) is 21.3. The number of nitrogens with one attached hydrogen (secondary N) is 1. The fourth-order valence-corrected chi connectivity index (χ4v) is 2.39. The summed E-state index contributed by atoms with van der Waals surface area (Å²) < 4.78 is 0. The van der Waals surface area contributed by atoms with Gasteiger partial charge in [-0.3, -0.25) is 9.59 Å². The lowest BCUT2D eigenvalue weighted by molar-refractivity contribution is -0.137. The Kier molecular flexibility index (Phi) is 5.72. The third-order valence-corrected chi connectivity index (χ3v) is 3.55. The van der Waals surface area contributed by atoms with Crippen molar-refractivity contribution in [3.05, 3.63) is 60.2 Å². The summed E-state index contributed by atoms with van der Waals surface area (Å²) in [6.07, 6.45) is 1.73. The molecule has 1 atom stereocenters. The first-order valence-corrected chi connectivity index (χ1v) is 7.25. The molecule has 1 unspecified atom stereocenters.